The highest BCUT2D eigenvalue weighted by Crippen LogP contribution is 2.26. The molecule has 2 unspecified atom stereocenters. The SMILES string of the molecule is CC(C(N)=O)C1CCCCC1=O. The van der Waals surface area contributed by atoms with Crippen molar-refractivity contribution in [2.24, 2.45) is 17.6 Å². The Hall–Kier alpha value is -0.860. The molecule has 0 saturated heterocycles. The van der Waals surface area contributed by atoms with Crippen LogP contribution in [0.3, 0.4) is 0 Å². The quantitative estimate of drug-likeness (QED) is 0.666. The fourth-order valence-corrected chi connectivity index (χ4v) is 1.74. The summed E-state index contributed by atoms with van der Waals surface area (Å²) >= 11 is 0. The van der Waals surface area contributed by atoms with Gasteiger partial charge in [-0.1, -0.05) is 13.3 Å². The van der Waals surface area contributed by atoms with Crippen molar-refractivity contribution < 1.29 is 9.59 Å². The Morgan fingerprint density at radius 1 is 1.58 bits per heavy atom. The molecule has 1 saturated carbocycles. The molecular weight excluding hydrogens is 154 g/mol. The summed E-state index contributed by atoms with van der Waals surface area (Å²) in [7, 11) is 0. The first-order valence-electron chi connectivity index (χ1n) is 4.45. The van der Waals surface area contributed by atoms with Crippen molar-refractivity contribution >= 4 is 11.7 Å². The molecule has 0 spiro atoms. The van der Waals surface area contributed by atoms with Crippen LogP contribution in [0.15, 0.2) is 0 Å². The maximum absolute atomic E-state index is 11.3. The minimum Gasteiger partial charge on any atom is -0.369 e. The predicted octanol–water partition coefficient (Wildman–Crippen LogP) is 0.867. The van der Waals surface area contributed by atoms with Gasteiger partial charge in [-0.15, -0.1) is 0 Å². The first-order chi connectivity index (χ1) is 5.63. The van der Waals surface area contributed by atoms with Crippen molar-refractivity contribution in [3.63, 3.8) is 0 Å². The normalized spacial score (nSPS) is 26.8. The second kappa shape index (κ2) is 3.70. The van der Waals surface area contributed by atoms with Crippen molar-refractivity contribution in [2.45, 2.75) is 32.6 Å². The fourth-order valence-electron chi connectivity index (χ4n) is 1.74. The van der Waals surface area contributed by atoms with Crippen molar-refractivity contribution in [2.75, 3.05) is 0 Å². The van der Waals surface area contributed by atoms with Crippen LogP contribution in [-0.4, -0.2) is 11.7 Å². The molecule has 1 rings (SSSR count). The summed E-state index contributed by atoms with van der Waals surface area (Å²) in [5, 5.41) is 0. The maximum atomic E-state index is 11.3. The first kappa shape index (κ1) is 9.23. The molecule has 1 aliphatic carbocycles. The van der Waals surface area contributed by atoms with E-state index in [1.165, 1.54) is 0 Å². The molecule has 0 radical (unpaired) electrons. The molecule has 0 aliphatic heterocycles. The Morgan fingerprint density at radius 2 is 2.25 bits per heavy atom. The van der Waals surface area contributed by atoms with E-state index in [0.29, 0.717) is 6.42 Å². The van der Waals surface area contributed by atoms with E-state index >= 15 is 0 Å². The van der Waals surface area contributed by atoms with Crippen LogP contribution in [0.5, 0.6) is 0 Å². The van der Waals surface area contributed by atoms with Crippen LogP contribution in [0.4, 0.5) is 0 Å². The first-order valence-corrected chi connectivity index (χ1v) is 4.45. The number of carbonyl (C=O) groups is 2. The number of amides is 1. The van der Waals surface area contributed by atoms with Crippen molar-refractivity contribution in [3.05, 3.63) is 0 Å². The number of carbonyl (C=O) groups excluding carboxylic acids is 2. The molecule has 68 valence electrons. The summed E-state index contributed by atoms with van der Waals surface area (Å²) in [5.74, 6) is -0.517. The number of Topliss-reactive ketones (excluding diaryl/α,β-unsaturated/α-hetero) is 1. The van der Waals surface area contributed by atoms with E-state index in [1.807, 2.05) is 0 Å². The second-order valence-electron chi connectivity index (χ2n) is 3.51. The van der Waals surface area contributed by atoms with E-state index in [2.05, 4.69) is 0 Å². The van der Waals surface area contributed by atoms with E-state index in [4.69, 9.17) is 5.73 Å². The average Bonchev–Trinajstić information content (AvgIpc) is 2.04. The van der Waals surface area contributed by atoms with Gasteiger partial charge in [0.15, 0.2) is 0 Å². The highest BCUT2D eigenvalue weighted by molar-refractivity contribution is 5.88. The van der Waals surface area contributed by atoms with Gasteiger partial charge in [0.05, 0.1) is 0 Å². The third-order valence-electron chi connectivity index (χ3n) is 2.65. The molecule has 1 aliphatic rings. The molecule has 0 aromatic rings. The van der Waals surface area contributed by atoms with Crippen LogP contribution in [0.1, 0.15) is 32.6 Å². The third-order valence-corrected chi connectivity index (χ3v) is 2.65. The molecule has 3 nitrogen and oxygen atoms in total. The van der Waals surface area contributed by atoms with Crippen molar-refractivity contribution in [3.8, 4) is 0 Å². The van der Waals surface area contributed by atoms with Gasteiger partial charge in [-0.2, -0.15) is 0 Å². The van der Waals surface area contributed by atoms with Gasteiger partial charge in [0, 0.05) is 18.3 Å². The van der Waals surface area contributed by atoms with Crippen LogP contribution in [0, 0.1) is 11.8 Å². The molecule has 0 bridgehead atoms. The minimum atomic E-state index is -0.352. The van der Waals surface area contributed by atoms with Gasteiger partial charge in [-0.25, -0.2) is 0 Å². The number of hydrogen-bond donors (Lipinski definition) is 1. The zero-order valence-electron chi connectivity index (χ0n) is 7.38. The monoisotopic (exact) mass is 169 g/mol. The zero-order chi connectivity index (χ0) is 9.14. The van der Waals surface area contributed by atoms with Crippen LogP contribution in [0.2, 0.25) is 0 Å². The van der Waals surface area contributed by atoms with E-state index in [1.54, 1.807) is 6.92 Å². The number of primary amides is 1. The summed E-state index contributed by atoms with van der Waals surface area (Å²) in [4.78, 5) is 22.1. The minimum absolute atomic E-state index is 0.101. The zero-order valence-corrected chi connectivity index (χ0v) is 7.38. The van der Waals surface area contributed by atoms with Crippen molar-refractivity contribution in [1.29, 1.82) is 0 Å². The predicted molar refractivity (Wildman–Crippen MR) is 45.3 cm³/mol. The number of ketones is 1. The standard InChI is InChI=1S/C9H15NO2/c1-6(9(10)12)7-4-2-3-5-8(7)11/h6-7H,2-5H2,1H3,(H2,10,12). The number of rotatable bonds is 2. The number of nitrogens with two attached hydrogens (primary N) is 1. The molecule has 3 heteroatoms. The van der Waals surface area contributed by atoms with Gasteiger partial charge >= 0.3 is 0 Å². The summed E-state index contributed by atoms with van der Waals surface area (Å²) in [6, 6.07) is 0. The third kappa shape index (κ3) is 1.84. The van der Waals surface area contributed by atoms with E-state index in [-0.39, 0.29) is 23.5 Å². The van der Waals surface area contributed by atoms with E-state index < -0.39 is 0 Å². The Kier molecular flexibility index (Phi) is 2.84. The molecular formula is C9H15NO2. The van der Waals surface area contributed by atoms with E-state index in [0.717, 1.165) is 19.3 Å². The highest BCUT2D eigenvalue weighted by atomic mass is 16.1. The van der Waals surface area contributed by atoms with E-state index in [9.17, 15) is 9.59 Å². The van der Waals surface area contributed by atoms with Gasteiger partial charge in [0.1, 0.15) is 5.78 Å². The number of hydrogen-bond acceptors (Lipinski definition) is 2. The van der Waals surface area contributed by atoms with Gasteiger partial charge < -0.3 is 5.73 Å². The molecule has 1 amide bonds. The molecule has 1 fully saturated rings. The molecule has 0 heterocycles. The smallest absolute Gasteiger partial charge is 0.220 e. The Balaban J connectivity index is 2.59. The Bertz CT molecular complexity index is 201. The van der Waals surface area contributed by atoms with Gasteiger partial charge in [0.25, 0.3) is 0 Å². The highest BCUT2D eigenvalue weighted by Gasteiger charge is 2.30. The van der Waals surface area contributed by atoms with Gasteiger partial charge in [-0.3, -0.25) is 9.59 Å². The average molecular weight is 169 g/mol. The summed E-state index contributed by atoms with van der Waals surface area (Å²) in [6.07, 6.45) is 3.49. The molecule has 0 aromatic carbocycles. The lowest BCUT2D eigenvalue weighted by Crippen LogP contribution is -2.34. The topological polar surface area (TPSA) is 60.2 Å². The largest absolute Gasteiger partial charge is 0.369 e. The lowest BCUT2D eigenvalue weighted by atomic mass is 9.79. The van der Waals surface area contributed by atoms with Crippen LogP contribution >= 0.6 is 0 Å². The van der Waals surface area contributed by atoms with Gasteiger partial charge in [0.2, 0.25) is 5.91 Å². The Labute approximate surface area is 72.3 Å². The van der Waals surface area contributed by atoms with Gasteiger partial charge in [-0.05, 0) is 12.8 Å². The Morgan fingerprint density at radius 3 is 2.75 bits per heavy atom. The molecule has 2 N–H and O–H groups in total. The van der Waals surface area contributed by atoms with Crippen LogP contribution < -0.4 is 5.73 Å². The second-order valence-corrected chi connectivity index (χ2v) is 3.51. The summed E-state index contributed by atoms with van der Waals surface area (Å²) in [5.41, 5.74) is 5.14. The molecule has 2 atom stereocenters. The maximum Gasteiger partial charge on any atom is 0.220 e. The molecule has 0 aromatic heterocycles. The summed E-state index contributed by atoms with van der Waals surface area (Å²) < 4.78 is 0. The molecule has 12 heavy (non-hydrogen) atoms. The lowest BCUT2D eigenvalue weighted by Gasteiger charge is -2.23. The van der Waals surface area contributed by atoms with Crippen LogP contribution in [-0.2, 0) is 9.59 Å². The van der Waals surface area contributed by atoms with Crippen LogP contribution in [0.25, 0.3) is 0 Å². The fraction of sp³-hybridized carbons (Fsp3) is 0.778. The summed E-state index contributed by atoms with van der Waals surface area (Å²) in [6.45, 7) is 1.75. The lowest BCUT2D eigenvalue weighted by molar-refractivity contribution is -0.132. The van der Waals surface area contributed by atoms with Crippen molar-refractivity contribution in [1.82, 2.24) is 0 Å².